The van der Waals surface area contributed by atoms with Crippen molar-refractivity contribution in [3.05, 3.63) is 59.2 Å². The number of ether oxygens (including phenoxy) is 2. The van der Waals surface area contributed by atoms with Crippen LogP contribution in [0.4, 0.5) is 0 Å². The molecule has 170 valence electrons. The Morgan fingerprint density at radius 3 is 2.78 bits per heavy atom. The standard InChI is InChI=1S/C25H29NO5S/c1-27-22-14-20-17(13-23(22)28-32-31-30-26)7-8-19-18(20)9-12-25-21(19)10-11-24(25,29-25)15-16-5-3-2-4-6-16/h2-6,13-14,18-19,21H,7-12,15,26H2,1H3/t18?,19?,21?,24-,25-/m1/s1. The fourth-order valence-electron chi connectivity index (χ4n) is 7.29. The van der Waals surface area contributed by atoms with Crippen molar-refractivity contribution in [2.45, 2.75) is 62.1 Å². The largest absolute Gasteiger partial charge is 0.493 e. The number of nitrogens with two attached hydrogens (primary N) is 1. The summed E-state index contributed by atoms with van der Waals surface area (Å²) >= 11 is 0.683. The summed E-state index contributed by atoms with van der Waals surface area (Å²) in [6.45, 7) is 0. The summed E-state index contributed by atoms with van der Waals surface area (Å²) in [5, 5.41) is 0. The van der Waals surface area contributed by atoms with Crippen LogP contribution in [0.5, 0.6) is 11.5 Å². The average molecular weight is 456 g/mol. The van der Waals surface area contributed by atoms with Crippen molar-refractivity contribution in [3.8, 4) is 11.5 Å². The van der Waals surface area contributed by atoms with Crippen LogP contribution >= 0.6 is 12.3 Å². The van der Waals surface area contributed by atoms with E-state index in [9.17, 15) is 0 Å². The summed E-state index contributed by atoms with van der Waals surface area (Å²) in [6.07, 6.45) is 8.12. The molecule has 1 aliphatic heterocycles. The summed E-state index contributed by atoms with van der Waals surface area (Å²) < 4.78 is 22.5. The molecule has 4 aliphatic rings. The minimum Gasteiger partial charge on any atom is -0.493 e. The fraction of sp³-hybridized carbons (Fsp3) is 0.520. The second-order valence-corrected chi connectivity index (χ2v) is 10.1. The van der Waals surface area contributed by atoms with Gasteiger partial charge in [0.1, 0.15) is 11.2 Å². The fourth-order valence-corrected chi connectivity index (χ4v) is 7.55. The molecule has 2 aromatic rings. The van der Waals surface area contributed by atoms with Crippen LogP contribution in [0.25, 0.3) is 0 Å². The third-order valence-electron chi connectivity index (χ3n) is 8.52. The van der Waals surface area contributed by atoms with Gasteiger partial charge in [-0.25, -0.2) is 0 Å². The van der Waals surface area contributed by atoms with E-state index in [1.54, 1.807) is 7.11 Å². The van der Waals surface area contributed by atoms with Crippen LogP contribution in [0, 0.1) is 11.8 Å². The van der Waals surface area contributed by atoms with Crippen LogP contribution in [-0.2, 0) is 26.9 Å². The van der Waals surface area contributed by atoms with Crippen molar-refractivity contribution in [1.82, 2.24) is 0 Å². The highest BCUT2D eigenvalue weighted by Gasteiger charge is 2.78. The van der Waals surface area contributed by atoms with Gasteiger partial charge in [0.05, 0.1) is 7.11 Å². The number of benzene rings is 2. The molecule has 1 saturated heterocycles. The lowest BCUT2D eigenvalue weighted by Gasteiger charge is -2.44. The SMILES string of the molecule is COc1cc2c(cc1OSOON)CCC1C2CC[C@]23O[C@@]2(Cc2ccccc2)CCC13. The van der Waals surface area contributed by atoms with Crippen molar-refractivity contribution in [1.29, 1.82) is 0 Å². The maximum atomic E-state index is 6.71. The van der Waals surface area contributed by atoms with Crippen LogP contribution in [0.15, 0.2) is 42.5 Å². The first-order valence-electron chi connectivity index (χ1n) is 11.5. The molecule has 1 heterocycles. The molecule has 32 heavy (non-hydrogen) atoms. The second kappa shape index (κ2) is 7.92. The Hall–Kier alpha value is -1.77. The van der Waals surface area contributed by atoms with E-state index in [2.05, 4.69) is 51.8 Å². The van der Waals surface area contributed by atoms with E-state index in [0.717, 1.165) is 19.3 Å². The lowest BCUT2D eigenvalue weighted by Crippen LogP contribution is -2.41. The van der Waals surface area contributed by atoms with Crippen LogP contribution in [0.2, 0.25) is 0 Å². The molecule has 2 saturated carbocycles. The number of hydrogen-bond donors (Lipinski definition) is 1. The lowest BCUT2D eigenvalue weighted by molar-refractivity contribution is -0.199. The van der Waals surface area contributed by atoms with Gasteiger partial charge in [0, 0.05) is 6.42 Å². The topological polar surface area (TPSA) is 75.5 Å². The van der Waals surface area contributed by atoms with Crippen molar-refractivity contribution in [2.24, 2.45) is 17.7 Å². The predicted octanol–water partition coefficient (Wildman–Crippen LogP) is 5.06. The van der Waals surface area contributed by atoms with E-state index in [-0.39, 0.29) is 11.2 Å². The second-order valence-electron chi connectivity index (χ2n) is 9.66. The van der Waals surface area contributed by atoms with Gasteiger partial charge in [-0.05, 0) is 85.1 Å². The van der Waals surface area contributed by atoms with Crippen LogP contribution in [0.3, 0.4) is 0 Å². The van der Waals surface area contributed by atoms with Crippen molar-refractivity contribution >= 4 is 12.3 Å². The number of aryl methyl sites for hydroxylation is 1. The molecule has 5 atom stereocenters. The molecular formula is C25H29NO5S. The van der Waals surface area contributed by atoms with E-state index in [1.165, 1.54) is 42.4 Å². The van der Waals surface area contributed by atoms with E-state index >= 15 is 0 Å². The Morgan fingerprint density at radius 1 is 1.09 bits per heavy atom. The minimum atomic E-state index is 0.0714. The minimum absolute atomic E-state index is 0.0714. The molecule has 6 nitrogen and oxygen atoms in total. The molecule has 6 rings (SSSR count). The number of epoxide rings is 1. The van der Waals surface area contributed by atoms with E-state index in [1.807, 2.05) is 0 Å². The highest BCUT2D eigenvalue weighted by molar-refractivity contribution is 7.90. The first kappa shape index (κ1) is 20.8. The van der Waals surface area contributed by atoms with Crippen LogP contribution < -0.4 is 14.8 Å². The smallest absolute Gasteiger partial charge is 0.260 e. The first-order valence-corrected chi connectivity index (χ1v) is 12.2. The third-order valence-corrected chi connectivity index (χ3v) is 8.90. The zero-order valence-electron chi connectivity index (χ0n) is 18.3. The van der Waals surface area contributed by atoms with Crippen molar-refractivity contribution in [3.63, 3.8) is 0 Å². The number of rotatable bonds is 7. The molecule has 3 unspecified atom stereocenters. The van der Waals surface area contributed by atoms with Gasteiger partial charge in [0.15, 0.2) is 11.5 Å². The molecule has 2 aromatic carbocycles. The highest BCUT2D eigenvalue weighted by Crippen LogP contribution is 2.72. The van der Waals surface area contributed by atoms with Crippen molar-refractivity contribution < 1.29 is 23.0 Å². The molecule has 3 fully saturated rings. The molecule has 7 heteroatoms. The number of methoxy groups -OCH3 is 1. The lowest BCUT2D eigenvalue weighted by atomic mass is 9.59. The number of hydrogen-bond acceptors (Lipinski definition) is 7. The average Bonchev–Trinajstić information content (AvgIpc) is 3.32. The number of fused-ring (bicyclic) bond motifs is 4. The molecule has 0 aromatic heterocycles. The van der Waals surface area contributed by atoms with E-state index < -0.39 is 0 Å². The van der Waals surface area contributed by atoms with Crippen LogP contribution in [0.1, 0.15) is 54.7 Å². The van der Waals surface area contributed by atoms with Crippen LogP contribution in [-0.4, -0.2) is 18.3 Å². The molecule has 1 spiro atoms. The molecule has 2 N–H and O–H groups in total. The highest BCUT2D eigenvalue weighted by atomic mass is 32.2. The molecule has 0 radical (unpaired) electrons. The van der Waals surface area contributed by atoms with Gasteiger partial charge in [0.2, 0.25) is 0 Å². The van der Waals surface area contributed by atoms with Gasteiger partial charge < -0.3 is 13.7 Å². The summed E-state index contributed by atoms with van der Waals surface area (Å²) in [7, 11) is 1.67. The van der Waals surface area contributed by atoms with Gasteiger partial charge in [0.25, 0.3) is 12.3 Å². The summed E-state index contributed by atoms with van der Waals surface area (Å²) in [6, 6.07) is 15.1. The van der Waals surface area contributed by atoms with E-state index in [4.69, 9.17) is 19.6 Å². The van der Waals surface area contributed by atoms with E-state index in [0.29, 0.717) is 41.6 Å². The van der Waals surface area contributed by atoms with Gasteiger partial charge >= 0.3 is 0 Å². The maximum Gasteiger partial charge on any atom is 0.260 e. The van der Waals surface area contributed by atoms with Crippen molar-refractivity contribution in [2.75, 3.05) is 7.11 Å². The Labute approximate surface area is 193 Å². The Morgan fingerprint density at radius 2 is 1.97 bits per heavy atom. The summed E-state index contributed by atoms with van der Waals surface area (Å²) in [5.74, 6) is 8.13. The van der Waals surface area contributed by atoms with Gasteiger partial charge in [-0.3, -0.25) is 0 Å². The van der Waals surface area contributed by atoms with Gasteiger partial charge in [-0.15, -0.1) is 9.32 Å². The Bertz CT molecular complexity index is 1000. The summed E-state index contributed by atoms with van der Waals surface area (Å²) in [5.41, 5.74) is 4.34. The monoisotopic (exact) mass is 455 g/mol. The molecule has 0 amide bonds. The molecule has 0 bridgehead atoms. The quantitative estimate of drug-likeness (QED) is 0.206. The molecule has 3 aliphatic carbocycles. The predicted molar refractivity (Wildman–Crippen MR) is 121 cm³/mol. The Balaban J connectivity index is 1.24. The third kappa shape index (κ3) is 3.10. The van der Waals surface area contributed by atoms with Gasteiger partial charge in [-0.1, -0.05) is 30.3 Å². The zero-order chi connectivity index (χ0) is 21.8. The normalized spacial score (nSPS) is 34.1. The van der Waals surface area contributed by atoms with Gasteiger partial charge in [-0.2, -0.15) is 5.90 Å². The zero-order valence-corrected chi connectivity index (χ0v) is 19.1. The summed E-state index contributed by atoms with van der Waals surface area (Å²) in [4.78, 5) is 4.10. The Kier molecular flexibility index (Phi) is 5.15. The maximum absolute atomic E-state index is 6.71. The first-order chi connectivity index (χ1) is 15.7. The molecular weight excluding hydrogens is 426 g/mol.